The molecule has 6 heteroatoms. The number of rotatable bonds is 3. The number of nitrogens with zero attached hydrogens (tertiary/aromatic N) is 4. The SMILES string of the molecule is Cc1cc2c(cc1F)nc(CCl)n2Cc1cn(C)nc1C. The number of benzene rings is 1. The van der Waals surface area contributed by atoms with E-state index in [0.717, 1.165) is 22.6 Å². The van der Waals surface area contributed by atoms with Gasteiger partial charge in [0, 0.05) is 24.9 Å². The zero-order chi connectivity index (χ0) is 15.1. The van der Waals surface area contributed by atoms with Gasteiger partial charge in [-0.3, -0.25) is 4.68 Å². The summed E-state index contributed by atoms with van der Waals surface area (Å²) in [6.45, 7) is 4.35. The predicted octanol–water partition coefficient (Wildman–Crippen LogP) is 3.31. The topological polar surface area (TPSA) is 35.6 Å². The minimum absolute atomic E-state index is 0.245. The van der Waals surface area contributed by atoms with E-state index in [0.29, 0.717) is 17.6 Å². The normalized spacial score (nSPS) is 11.5. The molecule has 0 saturated heterocycles. The molecule has 1 aromatic carbocycles. The van der Waals surface area contributed by atoms with Crippen molar-refractivity contribution in [3.8, 4) is 0 Å². The number of aryl methyl sites for hydroxylation is 3. The van der Waals surface area contributed by atoms with E-state index in [4.69, 9.17) is 11.6 Å². The lowest BCUT2D eigenvalue weighted by molar-refractivity contribution is 0.620. The van der Waals surface area contributed by atoms with Crippen molar-refractivity contribution < 1.29 is 4.39 Å². The number of hydrogen-bond donors (Lipinski definition) is 0. The van der Waals surface area contributed by atoms with Crippen molar-refractivity contribution in [2.24, 2.45) is 7.05 Å². The molecule has 0 aliphatic rings. The molecule has 0 bridgehead atoms. The van der Waals surface area contributed by atoms with Crippen LogP contribution in [0.25, 0.3) is 11.0 Å². The highest BCUT2D eigenvalue weighted by Crippen LogP contribution is 2.23. The number of halogens is 2. The highest BCUT2D eigenvalue weighted by atomic mass is 35.5. The summed E-state index contributed by atoms with van der Waals surface area (Å²) in [7, 11) is 1.89. The van der Waals surface area contributed by atoms with Crippen LogP contribution in [-0.2, 0) is 19.5 Å². The minimum Gasteiger partial charge on any atom is -0.322 e. The Morgan fingerprint density at radius 2 is 2.05 bits per heavy atom. The molecule has 0 aliphatic heterocycles. The van der Waals surface area contributed by atoms with Crippen molar-refractivity contribution in [1.82, 2.24) is 19.3 Å². The molecule has 3 aromatic rings. The Balaban J connectivity index is 2.16. The molecule has 2 heterocycles. The van der Waals surface area contributed by atoms with Crippen LogP contribution >= 0.6 is 11.6 Å². The molecule has 110 valence electrons. The van der Waals surface area contributed by atoms with Gasteiger partial charge in [-0.1, -0.05) is 0 Å². The second-order valence-corrected chi connectivity index (χ2v) is 5.52. The lowest BCUT2D eigenvalue weighted by atomic mass is 10.2. The van der Waals surface area contributed by atoms with Gasteiger partial charge in [-0.2, -0.15) is 5.10 Å². The van der Waals surface area contributed by atoms with Gasteiger partial charge in [0.15, 0.2) is 0 Å². The average molecular weight is 307 g/mol. The fraction of sp³-hybridized carbons (Fsp3) is 0.333. The first-order valence-corrected chi connectivity index (χ1v) is 7.23. The zero-order valence-corrected chi connectivity index (χ0v) is 12.9. The first-order chi connectivity index (χ1) is 9.99. The molecular formula is C15H16ClFN4. The molecule has 0 aliphatic carbocycles. The van der Waals surface area contributed by atoms with Gasteiger partial charge in [-0.05, 0) is 25.5 Å². The minimum atomic E-state index is -0.245. The van der Waals surface area contributed by atoms with E-state index in [1.54, 1.807) is 11.6 Å². The van der Waals surface area contributed by atoms with Crippen molar-refractivity contribution in [3.05, 3.63) is 46.8 Å². The number of fused-ring (bicyclic) bond motifs is 1. The monoisotopic (exact) mass is 306 g/mol. The summed E-state index contributed by atoms with van der Waals surface area (Å²) in [6, 6.07) is 3.28. The van der Waals surface area contributed by atoms with Crippen LogP contribution in [0.15, 0.2) is 18.3 Å². The molecule has 0 amide bonds. The van der Waals surface area contributed by atoms with Crippen molar-refractivity contribution in [2.45, 2.75) is 26.3 Å². The fourth-order valence-corrected chi connectivity index (χ4v) is 2.76. The van der Waals surface area contributed by atoms with Gasteiger partial charge in [0.25, 0.3) is 0 Å². The summed E-state index contributed by atoms with van der Waals surface area (Å²) in [5.41, 5.74) is 4.21. The van der Waals surface area contributed by atoms with Crippen LogP contribution in [0, 0.1) is 19.7 Å². The van der Waals surface area contributed by atoms with Crippen molar-refractivity contribution >= 4 is 22.6 Å². The molecule has 0 fully saturated rings. The van der Waals surface area contributed by atoms with Gasteiger partial charge in [0.05, 0.1) is 29.2 Å². The summed E-state index contributed by atoms with van der Waals surface area (Å²) in [5.74, 6) is 0.778. The Kier molecular flexibility index (Phi) is 3.45. The Hall–Kier alpha value is -1.88. The third kappa shape index (κ3) is 2.42. The molecule has 2 aromatic heterocycles. The maximum Gasteiger partial charge on any atom is 0.128 e. The Labute approximate surface area is 127 Å². The molecule has 0 unspecified atom stereocenters. The number of hydrogen-bond acceptors (Lipinski definition) is 2. The van der Waals surface area contributed by atoms with Gasteiger partial charge in [-0.15, -0.1) is 11.6 Å². The number of alkyl halides is 1. The summed E-state index contributed by atoms with van der Waals surface area (Å²) in [5, 5.41) is 4.35. The van der Waals surface area contributed by atoms with Crippen LogP contribution in [0.4, 0.5) is 4.39 Å². The lowest BCUT2D eigenvalue weighted by Gasteiger charge is -2.07. The summed E-state index contributed by atoms with van der Waals surface area (Å²) in [6.07, 6.45) is 1.98. The lowest BCUT2D eigenvalue weighted by Crippen LogP contribution is -2.04. The fourth-order valence-electron chi connectivity index (χ4n) is 2.55. The molecule has 0 saturated carbocycles. The van der Waals surface area contributed by atoms with E-state index >= 15 is 0 Å². The zero-order valence-electron chi connectivity index (χ0n) is 12.2. The summed E-state index contributed by atoms with van der Waals surface area (Å²) >= 11 is 6.00. The first-order valence-electron chi connectivity index (χ1n) is 6.70. The third-order valence-corrected chi connectivity index (χ3v) is 3.91. The van der Waals surface area contributed by atoms with E-state index in [-0.39, 0.29) is 11.7 Å². The van der Waals surface area contributed by atoms with E-state index in [1.807, 2.05) is 30.8 Å². The highest BCUT2D eigenvalue weighted by Gasteiger charge is 2.14. The van der Waals surface area contributed by atoms with Crippen LogP contribution in [0.1, 0.15) is 22.6 Å². The molecule has 0 radical (unpaired) electrons. The van der Waals surface area contributed by atoms with Gasteiger partial charge in [0.1, 0.15) is 11.6 Å². The number of imidazole rings is 1. The van der Waals surface area contributed by atoms with Crippen LogP contribution < -0.4 is 0 Å². The van der Waals surface area contributed by atoms with Crippen LogP contribution in [0.5, 0.6) is 0 Å². The summed E-state index contributed by atoms with van der Waals surface area (Å²) < 4.78 is 17.5. The quantitative estimate of drug-likeness (QED) is 0.696. The smallest absolute Gasteiger partial charge is 0.128 e. The van der Waals surface area contributed by atoms with Gasteiger partial charge < -0.3 is 4.57 Å². The highest BCUT2D eigenvalue weighted by molar-refractivity contribution is 6.16. The first kappa shape index (κ1) is 14.1. The standard InChI is InChI=1S/C15H16ClFN4/c1-9-4-14-13(5-12(9)17)18-15(6-16)21(14)8-11-7-20(3)19-10(11)2/h4-5,7H,6,8H2,1-3H3. The van der Waals surface area contributed by atoms with E-state index in [2.05, 4.69) is 10.1 Å². The Morgan fingerprint density at radius 3 is 2.67 bits per heavy atom. The van der Waals surface area contributed by atoms with Crippen LogP contribution in [0.2, 0.25) is 0 Å². The predicted molar refractivity (Wildman–Crippen MR) is 81.0 cm³/mol. The van der Waals surface area contributed by atoms with Gasteiger partial charge >= 0.3 is 0 Å². The van der Waals surface area contributed by atoms with Crippen LogP contribution in [-0.4, -0.2) is 19.3 Å². The molecule has 0 N–H and O–H groups in total. The maximum atomic E-state index is 13.7. The molecule has 4 nitrogen and oxygen atoms in total. The number of aromatic nitrogens is 4. The molecular weight excluding hydrogens is 291 g/mol. The summed E-state index contributed by atoms with van der Waals surface area (Å²) in [4.78, 5) is 4.43. The Bertz CT molecular complexity index is 819. The average Bonchev–Trinajstić information content (AvgIpc) is 2.92. The van der Waals surface area contributed by atoms with Crippen molar-refractivity contribution in [2.75, 3.05) is 0 Å². The maximum absolute atomic E-state index is 13.7. The second kappa shape index (κ2) is 5.15. The van der Waals surface area contributed by atoms with Gasteiger partial charge in [0.2, 0.25) is 0 Å². The Morgan fingerprint density at radius 1 is 1.29 bits per heavy atom. The second-order valence-electron chi connectivity index (χ2n) is 5.25. The van der Waals surface area contributed by atoms with Crippen molar-refractivity contribution in [3.63, 3.8) is 0 Å². The van der Waals surface area contributed by atoms with Gasteiger partial charge in [-0.25, -0.2) is 9.37 Å². The van der Waals surface area contributed by atoms with Crippen molar-refractivity contribution in [1.29, 1.82) is 0 Å². The molecule has 3 rings (SSSR count). The molecule has 21 heavy (non-hydrogen) atoms. The molecule has 0 spiro atoms. The largest absolute Gasteiger partial charge is 0.322 e. The van der Waals surface area contributed by atoms with E-state index < -0.39 is 0 Å². The van der Waals surface area contributed by atoms with E-state index in [1.165, 1.54) is 6.07 Å². The van der Waals surface area contributed by atoms with Crippen LogP contribution in [0.3, 0.4) is 0 Å². The third-order valence-electron chi connectivity index (χ3n) is 3.67. The van der Waals surface area contributed by atoms with E-state index in [9.17, 15) is 4.39 Å². The molecule has 0 atom stereocenters.